The van der Waals surface area contributed by atoms with E-state index in [4.69, 9.17) is 0 Å². The Morgan fingerprint density at radius 1 is 0.506 bits per heavy atom. The van der Waals surface area contributed by atoms with Crippen molar-refractivity contribution in [3.63, 3.8) is 0 Å². The van der Waals surface area contributed by atoms with Crippen LogP contribution in [-0.2, 0) is 6.54 Å². The number of benzene rings is 1. The Hall–Kier alpha value is -1.18. The fraction of sp³-hybridized carbons (Fsp3) is 0.915. The monoisotopic (exact) mass is 1140 g/mol. The maximum Gasteiger partial charge on any atom is 0.0701 e. The molecule has 0 spiro atoms. The summed E-state index contributed by atoms with van der Waals surface area (Å²) in [4.78, 5) is 17.2. The van der Waals surface area contributed by atoms with E-state index in [0.29, 0.717) is 29.0 Å². The van der Waals surface area contributed by atoms with Gasteiger partial charge in [-0.15, -0.1) is 0 Å². The minimum Gasteiger partial charge on any atom is -0.393 e. The first-order chi connectivity index (χ1) is 37.7. The minimum absolute atomic E-state index is 0.0996. The van der Waals surface area contributed by atoms with Gasteiger partial charge in [-0.05, 0) is 292 Å². The van der Waals surface area contributed by atoms with E-state index < -0.39 is 0 Å². The van der Waals surface area contributed by atoms with Crippen molar-refractivity contribution in [2.45, 2.75) is 261 Å². The van der Waals surface area contributed by atoms with Gasteiger partial charge in [0.25, 0.3) is 0 Å². The molecule has 1 aliphatic carbocycles. The minimum atomic E-state index is -0.133. The van der Waals surface area contributed by atoms with Gasteiger partial charge in [-0.2, -0.15) is 0 Å². The zero-order valence-electron chi connectivity index (χ0n) is 57.8. The van der Waals surface area contributed by atoms with Crippen molar-refractivity contribution < 1.29 is 10.2 Å². The average molecular weight is 1140 g/mol. The number of nitrogens with one attached hydrogen (secondary N) is 1. The summed E-state index contributed by atoms with van der Waals surface area (Å²) < 4.78 is 0. The SMILES string of the molecule is CC1C2CC(O)C1N(Cc1ccccc1)C2.CC1CCN(C)C1C.CC1CCN(C)C1C.CC1CCN(C)CC1C.CC1CCNCC1C.CC1CN2CCC1CC2.CN1C(C)(C)CC(O)CC1(C)C.CN1C(C)(C)CCCC1(C)C. The Kier molecular flexibility index (Phi) is 29.2. The molecule has 0 radical (unpaired) electrons. The van der Waals surface area contributed by atoms with Crippen molar-refractivity contribution in [3.05, 3.63) is 35.9 Å². The highest BCUT2D eigenvalue weighted by Crippen LogP contribution is 2.43. The number of rotatable bonds is 2. The lowest BCUT2D eigenvalue weighted by molar-refractivity contribution is -0.0641. The second-order valence-corrected chi connectivity index (χ2v) is 31.7. The number of aliphatic hydroxyl groups is 2. The molecule has 81 heavy (non-hydrogen) atoms. The van der Waals surface area contributed by atoms with Gasteiger partial charge in [0.1, 0.15) is 0 Å². The largest absolute Gasteiger partial charge is 0.393 e. The van der Waals surface area contributed by atoms with Crippen LogP contribution in [0.2, 0.25) is 0 Å². The van der Waals surface area contributed by atoms with E-state index >= 15 is 0 Å². The molecule has 1 aromatic rings. The molecule has 474 valence electrons. The van der Waals surface area contributed by atoms with E-state index in [0.717, 1.165) is 91.8 Å². The fourth-order valence-electron chi connectivity index (χ4n) is 15.4. The first kappa shape index (κ1) is 72.3. The van der Waals surface area contributed by atoms with E-state index in [1.54, 1.807) is 0 Å². The van der Waals surface area contributed by atoms with Crippen LogP contribution in [0.3, 0.4) is 0 Å². The number of likely N-dealkylation sites (tertiary alicyclic amines) is 6. The first-order valence-corrected chi connectivity index (χ1v) is 33.8. The third-order valence-electron chi connectivity index (χ3n) is 23.7. The van der Waals surface area contributed by atoms with Gasteiger partial charge in [0.2, 0.25) is 0 Å². The number of piperidine rings is 8. The average Bonchev–Trinajstić information content (AvgIpc) is 4.30. The molecule has 1 aromatic carbocycles. The Morgan fingerprint density at radius 3 is 1.33 bits per heavy atom. The molecule has 12 rings (SSSR count). The van der Waals surface area contributed by atoms with Crippen LogP contribution in [0.1, 0.15) is 207 Å². The molecular weight excluding hydrogens is 997 g/mol. The number of fused-ring (bicyclic) bond motifs is 5. The van der Waals surface area contributed by atoms with Crippen LogP contribution in [0.4, 0.5) is 0 Å². The van der Waals surface area contributed by atoms with E-state index in [-0.39, 0.29) is 23.3 Å². The summed E-state index contributed by atoms with van der Waals surface area (Å²) in [6, 6.07) is 12.6. The van der Waals surface area contributed by atoms with Crippen LogP contribution in [-0.4, -0.2) is 198 Å². The summed E-state index contributed by atoms with van der Waals surface area (Å²) in [5, 5.41) is 23.0. The lowest BCUT2D eigenvalue weighted by atomic mass is 9.79. The maximum atomic E-state index is 10.00. The van der Waals surface area contributed by atoms with Gasteiger partial charge in [-0.1, -0.05) is 85.7 Å². The van der Waals surface area contributed by atoms with Crippen molar-refractivity contribution in [1.82, 2.24) is 39.6 Å². The van der Waals surface area contributed by atoms with Crippen LogP contribution in [0.15, 0.2) is 30.3 Å². The maximum absolute atomic E-state index is 10.00. The second-order valence-electron chi connectivity index (χ2n) is 31.7. The highest BCUT2D eigenvalue weighted by Gasteiger charge is 2.49. The van der Waals surface area contributed by atoms with Crippen LogP contribution in [0.5, 0.6) is 0 Å². The van der Waals surface area contributed by atoms with Gasteiger partial charge in [-0.3, -0.25) is 14.7 Å². The van der Waals surface area contributed by atoms with Crippen LogP contribution in [0.25, 0.3) is 0 Å². The van der Waals surface area contributed by atoms with Crippen molar-refractivity contribution in [2.24, 2.45) is 59.2 Å². The van der Waals surface area contributed by atoms with Crippen LogP contribution in [0, 0.1) is 59.2 Å². The van der Waals surface area contributed by atoms with Crippen molar-refractivity contribution >= 4 is 0 Å². The summed E-state index contributed by atoms with van der Waals surface area (Å²) in [7, 11) is 11.0. The molecule has 0 aromatic heterocycles. The van der Waals surface area contributed by atoms with Gasteiger partial charge in [0.05, 0.1) is 12.2 Å². The third-order valence-corrected chi connectivity index (χ3v) is 23.7. The van der Waals surface area contributed by atoms with Gasteiger partial charge in [0, 0.05) is 66.5 Å². The molecular formula is C71H138N8O2. The van der Waals surface area contributed by atoms with Crippen molar-refractivity contribution in [3.8, 4) is 0 Å². The molecule has 10 nitrogen and oxygen atoms in total. The summed E-state index contributed by atoms with van der Waals surface area (Å²) in [5.41, 5.74) is 2.42. The normalized spacial score (nSPS) is 38.0. The van der Waals surface area contributed by atoms with Gasteiger partial charge < -0.3 is 35.1 Å². The first-order valence-electron chi connectivity index (χ1n) is 33.8. The predicted octanol–water partition coefficient (Wildman–Crippen LogP) is 13.1. The molecule has 11 aliphatic rings. The molecule has 10 heterocycles. The number of hydrogen-bond acceptors (Lipinski definition) is 10. The standard InChI is InChI=1S/C14H19NO.C10H21NO.C10H21N.C8H15N.C8H17N.3C7H15N/c1-10-12-7-13(16)14(10)15(9-12)8-11-5-3-2-4-6-11;1-9(2)6-8(12)7-10(3,4)11(9)5;1-9(2)7-6-8-10(3,4)11(9)5;1-7-6-9-4-2-8(7)3-5-9;1-7-4-5-9(3)6-8(7)2;2*1-6-4-5-8(3)7(6)2;1-6-3-4-8-5-7(6)2/h2-6,10,12-14,16H,7-9H2,1H3;8,12H,6-7H2,1-5H3;6-8H2,1-5H3;7-8H,2-6H2,1H3;7-8H,4-6H2,1-3H3;2*6-7H,4-5H2,1-3H3;6-8H,3-5H2,1-2H3. The summed E-state index contributed by atoms with van der Waals surface area (Å²) in [6.45, 7) is 55.4. The molecule has 0 amide bonds. The fourth-order valence-corrected chi connectivity index (χ4v) is 15.4. The number of nitrogens with zero attached hydrogens (tertiary/aromatic N) is 7. The number of hydrogen-bond donors (Lipinski definition) is 3. The third kappa shape index (κ3) is 22.2. The molecule has 3 N–H and O–H groups in total. The quantitative estimate of drug-likeness (QED) is 0.267. The molecule has 10 heteroatoms. The lowest BCUT2D eigenvalue weighted by Crippen LogP contribution is -2.59. The van der Waals surface area contributed by atoms with Gasteiger partial charge in [0.15, 0.2) is 0 Å². The topological polar surface area (TPSA) is 75.2 Å². The Bertz CT molecular complexity index is 1780. The molecule has 13 atom stereocenters. The molecule has 1 saturated carbocycles. The smallest absolute Gasteiger partial charge is 0.0701 e. The second kappa shape index (κ2) is 32.7. The Balaban J connectivity index is 0.000000202. The van der Waals surface area contributed by atoms with E-state index in [1.165, 1.54) is 122 Å². The highest BCUT2D eigenvalue weighted by atomic mass is 16.3. The number of aliphatic hydroxyl groups excluding tert-OH is 2. The van der Waals surface area contributed by atoms with Crippen molar-refractivity contribution in [1.29, 1.82) is 0 Å². The van der Waals surface area contributed by atoms with Crippen LogP contribution < -0.4 is 5.32 Å². The zero-order valence-corrected chi connectivity index (χ0v) is 57.8. The molecule has 11 fully saturated rings. The molecule has 13 unspecified atom stereocenters. The molecule has 10 saturated heterocycles. The lowest BCUT2D eigenvalue weighted by Gasteiger charge is -2.52. The summed E-state index contributed by atoms with van der Waals surface area (Å²) in [6.07, 6.45) is 15.1. The van der Waals surface area contributed by atoms with E-state index in [9.17, 15) is 10.2 Å². The Morgan fingerprint density at radius 2 is 1.00 bits per heavy atom. The Labute approximate surface area is 504 Å². The van der Waals surface area contributed by atoms with Gasteiger partial charge >= 0.3 is 0 Å². The highest BCUT2D eigenvalue weighted by molar-refractivity contribution is 5.16. The summed E-state index contributed by atoms with van der Waals surface area (Å²) in [5.74, 6) is 8.97. The van der Waals surface area contributed by atoms with Crippen molar-refractivity contribution in [2.75, 3.05) is 101 Å². The summed E-state index contributed by atoms with van der Waals surface area (Å²) >= 11 is 0. The molecule has 10 aliphatic heterocycles. The van der Waals surface area contributed by atoms with E-state index in [1.807, 2.05) is 0 Å². The van der Waals surface area contributed by atoms with E-state index in [2.05, 4.69) is 230 Å². The van der Waals surface area contributed by atoms with Crippen LogP contribution >= 0.6 is 0 Å². The zero-order chi connectivity index (χ0) is 60.8. The predicted molar refractivity (Wildman–Crippen MR) is 351 cm³/mol. The van der Waals surface area contributed by atoms with Gasteiger partial charge in [-0.25, -0.2) is 0 Å². The molecule has 4 bridgehead atoms.